The number of nitrogens with one attached hydrogen (secondary N) is 1. The summed E-state index contributed by atoms with van der Waals surface area (Å²) in [6.07, 6.45) is 0. The van der Waals surface area contributed by atoms with Crippen LogP contribution in [0.5, 0.6) is 5.75 Å². The van der Waals surface area contributed by atoms with E-state index in [-0.39, 0.29) is 0 Å². The van der Waals surface area contributed by atoms with Gasteiger partial charge in [0.05, 0.1) is 19.8 Å². The number of hydrogen-bond donors (Lipinski definition) is 1. The molecule has 0 spiro atoms. The third kappa shape index (κ3) is 2.17. The van der Waals surface area contributed by atoms with Crippen molar-refractivity contribution >= 4 is 0 Å². The van der Waals surface area contributed by atoms with E-state index in [9.17, 15) is 0 Å². The lowest BCUT2D eigenvalue weighted by atomic mass is 9.88. The van der Waals surface area contributed by atoms with Crippen LogP contribution in [-0.4, -0.2) is 32.9 Å². The largest absolute Gasteiger partial charge is 0.493 e. The highest BCUT2D eigenvalue weighted by Gasteiger charge is 2.33. The van der Waals surface area contributed by atoms with Crippen LogP contribution in [0, 0.1) is 5.41 Å². The van der Waals surface area contributed by atoms with Gasteiger partial charge in [0, 0.05) is 30.0 Å². The molecule has 3 nitrogen and oxygen atoms in total. The van der Waals surface area contributed by atoms with Crippen LogP contribution in [0.1, 0.15) is 18.4 Å². The van der Waals surface area contributed by atoms with E-state index >= 15 is 0 Å². The van der Waals surface area contributed by atoms with Gasteiger partial charge in [-0.1, -0.05) is 25.1 Å². The van der Waals surface area contributed by atoms with Gasteiger partial charge in [0.2, 0.25) is 0 Å². The first kappa shape index (κ1) is 11.1. The molecule has 17 heavy (non-hydrogen) atoms. The smallest absolute Gasteiger partial charge is 0.122 e. The number of fused-ring (bicyclic) bond motifs is 1. The maximum absolute atomic E-state index is 5.67. The van der Waals surface area contributed by atoms with E-state index in [1.807, 2.05) is 6.07 Å². The van der Waals surface area contributed by atoms with E-state index in [4.69, 9.17) is 9.47 Å². The Kier molecular flexibility index (Phi) is 2.81. The fourth-order valence-corrected chi connectivity index (χ4v) is 2.50. The summed E-state index contributed by atoms with van der Waals surface area (Å²) in [7, 11) is 0. The van der Waals surface area contributed by atoms with Gasteiger partial charge < -0.3 is 14.8 Å². The van der Waals surface area contributed by atoms with Gasteiger partial charge in [-0.15, -0.1) is 0 Å². The van der Waals surface area contributed by atoms with Crippen LogP contribution < -0.4 is 10.1 Å². The maximum atomic E-state index is 5.67. The number of rotatable bonds is 4. The summed E-state index contributed by atoms with van der Waals surface area (Å²) < 4.78 is 10.9. The minimum absolute atomic E-state index is 0.346. The molecule has 2 aliphatic rings. The van der Waals surface area contributed by atoms with E-state index in [1.54, 1.807) is 0 Å². The third-order valence-electron chi connectivity index (χ3n) is 3.64. The minimum atomic E-state index is 0.346. The number of ether oxygens (including phenoxy) is 2. The van der Waals surface area contributed by atoms with E-state index in [2.05, 4.69) is 30.4 Å². The predicted molar refractivity (Wildman–Crippen MR) is 66.5 cm³/mol. The lowest BCUT2D eigenvalue weighted by molar-refractivity contribution is -0.0990. The number of para-hydroxylation sites is 1. The number of hydrogen-bond acceptors (Lipinski definition) is 3. The molecule has 1 saturated heterocycles. The van der Waals surface area contributed by atoms with Crippen LogP contribution in [0.4, 0.5) is 0 Å². The van der Waals surface area contributed by atoms with E-state index in [0.29, 0.717) is 11.3 Å². The molecule has 2 heterocycles. The molecule has 1 fully saturated rings. The van der Waals surface area contributed by atoms with Crippen molar-refractivity contribution in [3.05, 3.63) is 29.8 Å². The van der Waals surface area contributed by atoms with Crippen LogP contribution in [0.3, 0.4) is 0 Å². The Bertz CT molecular complexity index is 401. The van der Waals surface area contributed by atoms with E-state index in [0.717, 1.165) is 38.7 Å². The summed E-state index contributed by atoms with van der Waals surface area (Å²) in [4.78, 5) is 0. The summed E-state index contributed by atoms with van der Waals surface area (Å²) in [5.41, 5.74) is 1.69. The molecule has 0 bridgehead atoms. The zero-order valence-electron chi connectivity index (χ0n) is 10.2. The highest BCUT2D eigenvalue weighted by atomic mass is 16.5. The fourth-order valence-electron chi connectivity index (χ4n) is 2.50. The molecule has 0 saturated carbocycles. The van der Waals surface area contributed by atoms with Gasteiger partial charge in [0.1, 0.15) is 5.75 Å². The summed E-state index contributed by atoms with van der Waals surface area (Å²) in [5, 5.41) is 3.55. The second kappa shape index (κ2) is 4.31. The molecular formula is C14H19NO2. The average molecular weight is 233 g/mol. The van der Waals surface area contributed by atoms with Gasteiger partial charge in [0.25, 0.3) is 0 Å². The molecule has 1 aromatic carbocycles. The first-order valence-electron chi connectivity index (χ1n) is 6.27. The predicted octanol–water partition coefficient (Wildman–Crippen LogP) is 1.79. The van der Waals surface area contributed by atoms with Crippen LogP contribution in [0.25, 0.3) is 0 Å². The Morgan fingerprint density at radius 2 is 2.18 bits per heavy atom. The summed E-state index contributed by atoms with van der Waals surface area (Å²) >= 11 is 0. The molecule has 2 aliphatic heterocycles. The standard InChI is InChI=1S/C14H19NO2/c1-14(9-16-10-14)8-15-6-11-7-17-13-5-3-2-4-12(11)13/h2-5,11,15H,6-10H2,1H3. The second-order valence-electron chi connectivity index (χ2n) is 5.48. The zero-order chi connectivity index (χ0) is 11.7. The molecule has 3 rings (SSSR count). The maximum Gasteiger partial charge on any atom is 0.122 e. The Balaban J connectivity index is 1.53. The molecule has 0 radical (unpaired) electrons. The van der Waals surface area contributed by atoms with Crippen LogP contribution in [0.15, 0.2) is 24.3 Å². The van der Waals surface area contributed by atoms with Crippen molar-refractivity contribution < 1.29 is 9.47 Å². The van der Waals surface area contributed by atoms with Gasteiger partial charge >= 0.3 is 0 Å². The number of benzene rings is 1. The van der Waals surface area contributed by atoms with Crippen molar-refractivity contribution in [1.82, 2.24) is 5.32 Å². The molecule has 0 aliphatic carbocycles. The first-order valence-corrected chi connectivity index (χ1v) is 6.27. The lowest BCUT2D eigenvalue weighted by Crippen LogP contribution is -2.48. The third-order valence-corrected chi connectivity index (χ3v) is 3.64. The normalized spacial score (nSPS) is 24.9. The van der Waals surface area contributed by atoms with Gasteiger partial charge in [-0.2, -0.15) is 0 Å². The average Bonchev–Trinajstić information content (AvgIpc) is 2.71. The summed E-state index contributed by atoms with van der Waals surface area (Å²) in [5.74, 6) is 1.55. The van der Waals surface area contributed by atoms with Gasteiger partial charge in [0.15, 0.2) is 0 Å². The molecule has 0 amide bonds. The van der Waals surface area contributed by atoms with Gasteiger partial charge in [-0.25, -0.2) is 0 Å². The van der Waals surface area contributed by atoms with Crippen LogP contribution >= 0.6 is 0 Å². The fraction of sp³-hybridized carbons (Fsp3) is 0.571. The summed E-state index contributed by atoms with van der Waals surface area (Å²) in [6, 6.07) is 8.34. The topological polar surface area (TPSA) is 30.5 Å². The Morgan fingerprint density at radius 1 is 1.35 bits per heavy atom. The van der Waals surface area contributed by atoms with Crippen molar-refractivity contribution in [2.75, 3.05) is 32.9 Å². The molecule has 92 valence electrons. The summed E-state index contributed by atoms with van der Waals surface area (Å²) in [6.45, 7) is 6.87. The zero-order valence-corrected chi connectivity index (χ0v) is 10.2. The van der Waals surface area contributed by atoms with E-state index in [1.165, 1.54) is 5.56 Å². The molecule has 1 unspecified atom stereocenters. The van der Waals surface area contributed by atoms with Crippen molar-refractivity contribution in [3.8, 4) is 5.75 Å². The quantitative estimate of drug-likeness (QED) is 0.860. The minimum Gasteiger partial charge on any atom is -0.493 e. The van der Waals surface area contributed by atoms with Crippen molar-refractivity contribution in [1.29, 1.82) is 0 Å². The van der Waals surface area contributed by atoms with E-state index < -0.39 is 0 Å². The lowest BCUT2D eigenvalue weighted by Gasteiger charge is -2.38. The van der Waals surface area contributed by atoms with Gasteiger partial charge in [-0.3, -0.25) is 0 Å². The van der Waals surface area contributed by atoms with Crippen LogP contribution in [0.2, 0.25) is 0 Å². The highest BCUT2D eigenvalue weighted by Crippen LogP contribution is 2.33. The Morgan fingerprint density at radius 3 is 2.94 bits per heavy atom. The monoisotopic (exact) mass is 233 g/mol. The Hall–Kier alpha value is -1.06. The van der Waals surface area contributed by atoms with Crippen molar-refractivity contribution in [2.45, 2.75) is 12.8 Å². The highest BCUT2D eigenvalue weighted by molar-refractivity contribution is 5.39. The molecular weight excluding hydrogens is 214 g/mol. The Labute approximate surface area is 102 Å². The molecule has 3 heteroatoms. The molecule has 0 aromatic heterocycles. The SMILES string of the molecule is CC1(CNCC2COc3ccccc32)COC1. The van der Waals surface area contributed by atoms with Gasteiger partial charge in [-0.05, 0) is 6.07 Å². The second-order valence-corrected chi connectivity index (χ2v) is 5.48. The van der Waals surface area contributed by atoms with Crippen LogP contribution in [-0.2, 0) is 4.74 Å². The molecule has 1 atom stereocenters. The first-order chi connectivity index (χ1) is 8.27. The molecule has 1 aromatic rings. The van der Waals surface area contributed by atoms with Crippen molar-refractivity contribution in [3.63, 3.8) is 0 Å². The molecule has 1 N–H and O–H groups in total. The van der Waals surface area contributed by atoms with Crippen molar-refractivity contribution in [2.24, 2.45) is 5.41 Å².